The molecule has 4 rings (SSSR count). The molecule has 2 heterocycles. The zero-order valence-corrected chi connectivity index (χ0v) is 17.3. The Morgan fingerprint density at radius 3 is 2.47 bits per heavy atom. The van der Waals surface area contributed by atoms with Gasteiger partial charge in [-0.05, 0) is 43.0 Å². The summed E-state index contributed by atoms with van der Waals surface area (Å²) in [6.45, 7) is 5.96. The van der Waals surface area contributed by atoms with Gasteiger partial charge in [-0.2, -0.15) is 5.10 Å². The monoisotopic (exact) mass is 400 g/mol. The fraction of sp³-hybridized carbons (Fsp3) is 0.208. The van der Waals surface area contributed by atoms with E-state index in [0.29, 0.717) is 23.2 Å². The number of nitrogens with two attached hydrogens (primary N) is 1. The Balaban J connectivity index is 1.73. The summed E-state index contributed by atoms with van der Waals surface area (Å²) in [7, 11) is 0. The van der Waals surface area contributed by atoms with Crippen LogP contribution in [0.4, 0.5) is 5.69 Å². The molecule has 0 radical (unpaired) electrons. The lowest BCUT2D eigenvalue weighted by Crippen LogP contribution is -2.05. The molecule has 2 aromatic carbocycles. The van der Waals surface area contributed by atoms with Crippen molar-refractivity contribution >= 4 is 17.3 Å². The fourth-order valence-electron chi connectivity index (χ4n) is 3.82. The third-order valence-electron chi connectivity index (χ3n) is 5.55. The van der Waals surface area contributed by atoms with Gasteiger partial charge >= 0.3 is 5.97 Å². The van der Waals surface area contributed by atoms with E-state index in [1.165, 1.54) is 0 Å². The lowest BCUT2D eigenvalue weighted by atomic mass is 9.97. The van der Waals surface area contributed by atoms with E-state index < -0.39 is 5.97 Å². The number of fused-ring (bicyclic) bond motifs is 1. The number of benzene rings is 2. The van der Waals surface area contributed by atoms with E-state index in [0.717, 1.165) is 45.8 Å². The average molecular weight is 400 g/mol. The maximum absolute atomic E-state index is 11.5. The molecule has 0 saturated carbocycles. The van der Waals surface area contributed by atoms with Crippen molar-refractivity contribution in [2.45, 2.75) is 33.6 Å². The van der Waals surface area contributed by atoms with E-state index in [4.69, 9.17) is 15.8 Å². The first-order chi connectivity index (χ1) is 14.4. The largest absolute Gasteiger partial charge is 0.478 e. The molecule has 0 amide bonds. The second kappa shape index (κ2) is 7.63. The highest BCUT2D eigenvalue weighted by atomic mass is 16.4. The number of nitrogen functional groups attached to an aromatic ring is 1. The van der Waals surface area contributed by atoms with Gasteiger partial charge in [0, 0.05) is 12.0 Å². The Morgan fingerprint density at radius 1 is 1.10 bits per heavy atom. The maximum atomic E-state index is 11.5. The van der Waals surface area contributed by atoms with E-state index >= 15 is 0 Å². The molecule has 6 nitrogen and oxygen atoms in total. The van der Waals surface area contributed by atoms with Crippen molar-refractivity contribution in [3.05, 3.63) is 82.3 Å². The van der Waals surface area contributed by atoms with Gasteiger partial charge < -0.3 is 10.8 Å². The molecule has 152 valence electrons. The van der Waals surface area contributed by atoms with E-state index in [1.54, 1.807) is 12.1 Å². The summed E-state index contributed by atoms with van der Waals surface area (Å²) in [4.78, 5) is 16.2. The normalized spacial score (nSPS) is 11.2. The summed E-state index contributed by atoms with van der Waals surface area (Å²) < 4.78 is 1.84. The van der Waals surface area contributed by atoms with Crippen molar-refractivity contribution in [1.29, 1.82) is 0 Å². The van der Waals surface area contributed by atoms with Gasteiger partial charge in [-0.1, -0.05) is 49.4 Å². The maximum Gasteiger partial charge on any atom is 0.336 e. The number of rotatable bonds is 5. The first-order valence-electron chi connectivity index (χ1n) is 9.95. The zero-order valence-electron chi connectivity index (χ0n) is 17.3. The van der Waals surface area contributed by atoms with Crippen LogP contribution in [0.5, 0.6) is 0 Å². The minimum absolute atomic E-state index is 0.300. The molecule has 30 heavy (non-hydrogen) atoms. The second-order valence-electron chi connectivity index (χ2n) is 7.43. The number of anilines is 1. The number of carboxylic acids is 1. The van der Waals surface area contributed by atoms with Crippen molar-refractivity contribution in [1.82, 2.24) is 14.6 Å². The van der Waals surface area contributed by atoms with Gasteiger partial charge in [0.1, 0.15) is 0 Å². The van der Waals surface area contributed by atoms with E-state index in [9.17, 15) is 9.90 Å². The highest BCUT2D eigenvalue weighted by Crippen LogP contribution is 2.27. The van der Waals surface area contributed by atoms with Crippen LogP contribution in [0.1, 0.15) is 45.5 Å². The molecule has 6 heteroatoms. The van der Waals surface area contributed by atoms with Crippen LogP contribution < -0.4 is 5.73 Å². The molecule has 0 aliphatic carbocycles. The molecule has 0 spiro atoms. The predicted octanol–water partition coefficient (Wildman–Crippen LogP) is 4.45. The van der Waals surface area contributed by atoms with Crippen LogP contribution in [0.15, 0.2) is 48.5 Å². The number of carbonyl (C=O) groups is 1. The standard InChI is InChI=1S/C24H24N4O2/c1-4-21-20(23-26-14(2)22(25)15(3)28(23)27-21)13-16-9-11-17(12-10-16)18-7-5-6-8-19(18)24(29)30/h5-12H,4,13,25H2,1-3H3,(H,29,30). The van der Waals surface area contributed by atoms with Crippen molar-refractivity contribution < 1.29 is 9.90 Å². The van der Waals surface area contributed by atoms with Crippen molar-refractivity contribution in [2.24, 2.45) is 0 Å². The minimum atomic E-state index is -0.926. The Kier molecular flexibility index (Phi) is 4.99. The molecule has 0 saturated heterocycles. The molecule has 0 aliphatic rings. The second-order valence-corrected chi connectivity index (χ2v) is 7.43. The van der Waals surface area contributed by atoms with Gasteiger partial charge in [0.15, 0.2) is 5.65 Å². The summed E-state index contributed by atoms with van der Waals surface area (Å²) in [6, 6.07) is 15.1. The average Bonchev–Trinajstić information content (AvgIpc) is 3.10. The smallest absolute Gasteiger partial charge is 0.336 e. The van der Waals surface area contributed by atoms with Crippen LogP contribution in [-0.2, 0) is 12.8 Å². The first kappa shape index (κ1) is 19.6. The highest BCUT2D eigenvalue weighted by molar-refractivity contribution is 5.96. The van der Waals surface area contributed by atoms with Crippen molar-refractivity contribution in [3.8, 4) is 11.1 Å². The van der Waals surface area contributed by atoms with Crippen LogP contribution in [0, 0.1) is 13.8 Å². The Hall–Kier alpha value is -3.67. The molecule has 0 bridgehead atoms. The molecule has 0 fully saturated rings. The Labute approximate surface area is 175 Å². The summed E-state index contributed by atoms with van der Waals surface area (Å²) in [5.41, 5.74) is 14.5. The number of hydrogen-bond acceptors (Lipinski definition) is 4. The summed E-state index contributed by atoms with van der Waals surface area (Å²) in [5, 5.41) is 14.2. The quantitative estimate of drug-likeness (QED) is 0.516. The minimum Gasteiger partial charge on any atom is -0.478 e. The highest BCUT2D eigenvalue weighted by Gasteiger charge is 2.17. The summed E-state index contributed by atoms with van der Waals surface area (Å²) >= 11 is 0. The SMILES string of the molecule is CCc1nn2c(C)c(N)c(C)nc2c1Cc1ccc(-c2ccccc2C(=O)O)cc1. The van der Waals surface area contributed by atoms with Crippen LogP contribution in [0.25, 0.3) is 16.8 Å². The number of aromatic nitrogens is 3. The lowest BCUT2D eigenvalue weighted by Gasteiger charge is -2.09. The van der Waals surface area contributed by atoms with Crippen LogP contribution >= 0.6 is 0 Å². The number of carboxylic acid groups (broad SMARTS) is 1. The fourth-order valence-corrected chi connectivity index (χ4v) is 3.82. The topological polar surface area (TPSA) is 93.5 Å². The van der Waals surface area contributed by atoms with Gasteiger partial charge in [0.25, 0.3) is 0 Å². The van der Waals surface area contributed by atoms with Crippen molar-refractivity contribution in [2.75, 3.05) is 5.73 Å². The van der Waals surface area contributed by atoms with Gasteiger partial charge in [-0.3, -0.25) is 0 Å². The van der Waals surface area contributed by atoms with Gasteiger partial charge in [0.2, 0.25) is 0 Å². The molecule has 2 aromatic heterocycles. The first-order valence-corrected chi connectivity index (χ1v) is 9.95. The van der Waals surface area contributed by atoms with Gasteiger partial charge in [-0.25, -0.2) is 14.3 Å². The molecule has 4 aromatic rings. The van der Waals surface area contributed by atoms with Crippen LogP contribution in [0.3, 0.4) is 0 Å². The summed E-state index contributed by atoms with van der Waals surface area (Å²) in [5.74, 6) is -0.926. The lowest BCUT2D eigenvalue weighted by molar-refractivity contribution is 0.0697. The van der Waals surface area contributed by atoms with Gasteiger partial charge in [0.05, 0.1) is 28.3 Å². The Morgan fingerprint density at radius 2 is 1.80 bits per heavy atom. The van der Waals surface area contributed by atoms with Crippen LogP contribution in [0.2, 0.25) is 0 Å². The van der Waals surface area contributed by atoms with E-state index in [-0.39, 0.29) is 0 Å². The molecule has 3 N–H and O–H groups in total. The van der Waals surface area contributed by atoms with Crippen LogP contribution in [-0.4, -0.2) is 25.7 Å². The number of nitrogens with zero attached hydrogens (tertiary/aromatic N) is 3. The van der Waals surface area contributed by atoms with E-state index in [1.807, 2.05) is 54.8 Å². The number of hydrogen-bond donors (Lipinski definition) is 2. The molecule has 0 aliphatic heterocycles. The Bertz CT molecular complexity index is 1260. The van der Waals surface area contributed by atoms with Crippen molar-refractivity contribution in [3.63, 3.8) is 0 Å². The molecular weight excluding hydrogens is 376 g/mol. The number of aryl methyl sites for hydroxylation is 3. The predicted molar refractivity (Wildman–Crippen MR) is 118 cm³/mol. The molecule has 0 unspecified atom stereocenters. The summed E-state index contributed by atoms with van der Waals surface area (Å²) in [6.07, 6.45) is 1.50. The van der Waals surface area contributed by atoms with E-state index in [2.05, 4.69) is 6.92 Å². The molecular formula is C24H24N4O2. The molecule has 0 atom stereocenters. The third-order valence-corrected chi connectivity index (χ3v) is 5.55. The zero-order chi connectivity index (χ0) is 21.4. The number of aromatic carboxylic acids is 1. The van der Waals surface area contributed by atoms with Gasteiger partial charge in [-0.15, -0.1) is 0 Å². The third kappa shape index (κ3) is 3.30.